The Labute approximate surface area is 303 Å². The highest BCUT2D eigenvalue weighted by Crippen LogP contribution is 2.34. The summed E-state index contributed by atoms with van der Waals surface area (Å²) in [5.41, 5.74) is -1.22. The number of aromatic nitrogens is 6. The Morgan fingerprint density at radius 1 is 1.04 bits per heavy atom. The van der Waals surface area contributed by atoms with Crippen LogP contribution in [0.1, 0.15) is 46.7 Å². The molecule has 1 saturated heterocycles. The molecule has 16 nitrogen and oxygen atoms in total. The fraction of sp³-hybridized carbons (Fsp3) is 0.424. The van der Waals surface area contributed by atoms with Gasteiger partial charge in [-0.1, -0.05) is 24.6 Å². The normalized spacial score (nSPS) is 16.4. The zero-order valence-corrected chi connectivity index (χ0v) is 29.0. The summed E-state index contributed by atoms with van der Waals surface area (Å²) in [6.45, 7) is 3.15. The van der Waals surface area contributed by atoms with Crippen molar-refractivity contribution >= 4 is 46.1 Å². The Morgan fingerprint density at radius 3 is 2.49 bits per heavy atom. The number of amides is 2. The Morgan fingerprint density at radius 2 is 1.81 bits per heavy atom. The zero-order valence-electron chi connectivity index (χ0n) is 28.3. The number of halogens is 4. The van der Waals surface area contributed by atoms with E-state index in [1.165, 1.54) is 14.0 Å². The average molecular weight is 760 g/mol. The fourth-order valence-electron chi connectivity index (χ4n) is 6.60. The Balaban J connectivity index is 1.21. The van der Waals surface area contributed by atoms with Gasteiger partial charge in [-0.05, 0) is 36.6 Å². The van der Waals surface area contributed by atoms with Crippen LogP contribution in [0.15, 0.2) is 33.9 Å². The summed E-state index contributed by atoms with van der Waals surface area (Å²) in [7, 11) is 0. The van der Waals surface area contributed by atoms with Gasteiger partial charge in [0, 0.05) is 26.2 Å². The van der Waals surface area contributed by atoms with Crippen LogP contribution in [0.2, 0.25) is 5.02 Å². The van der Waals surface area contributed by atoms with E-state index < -0.39 is 47.0 Å². The molecule has 0 unspecified atom stereocenters. The van der Waals surface area contributed by atoms with Crippen molar-refractivity contribution in [1.29, 1.82) is 0 Å². The molecule has 0 radical (unpaired) electrons. The van der Waals surface area contributed by atoms with Gasteiger partial charge in [0.15, 0.2) is 11.5 Å². The van der Waals surface area contributed by atoms with Crippen molar-refractivity contribution < 1.29 is 37.3 Å². The van der Waals surface area contributed by atoms with Crippen LogP contribution in [0, 0.1) is 0 Å². The Kier molecular flexibility index (Phi) is 9.73. The first-order valence-corrected chi connectivity index (χ1v) is 17.1. The Hall–Kier alpha value is -5.27. The van der Waals surface area contributed by atoms with Crippen LogP contribution in [0.5, 0.6) is 5.75 Å². The molecule has 7 rings (SSSR count). The zero-order chi connectivity index (χ0) is 37.6. The van der Waals surface area contributed by atoms with E-state index >= 15 is 0 Å². The topological polar surface area (TPSA) is 178 Å². The van der Waals surface area contributed by atoms with Crippen molar-refractivity contribution in [3.8, 4) is 5.75 Å². The molecule has 1 fully saturated rings. The van der Waals surface area contributed by atoms with E-state index in [0.717, 1.165) is 28.3 Å². The summed E-state index contributed by atoms with van der Waals surface area (Å²) in [4.78, 5) is 66.1. The smallest absolute Gasteiger partial charge is 0.416 e. The molecule has 4 aromatic rings. The van der Waals surface area contributed by atoms with E-state index in [2.05, 4.69) is 20.4 Å². The van der Waals surface area contributed by atoms with Crippen LogP contribution in [-0.4, -0.2) is 96.5 Å². The van der Waals surface area contributed by atoms with Gasteiger partial charge >= 0.3 is 6.18 Å². The number of alkyl halides is 3. The van der Waals surface area contributed by atoms with Crippen LogP contribution in [0.3, 0.4) is 0 Å². The predicted octanol–water partition coefficient (Wildman–Crippen LogP) is 2.32. The number of rotatable bonds is 7. The minimum absolute atomic E-state index is 0.0165. The number of hydrogen-bond acceptors (Lipinski definition) is 11. The number of anilines is 2. The third kappa shape index (κ3) is 6.86. The first-order valence-electron chi connectivity index (χ1n) is 16.8. The summed E-state index contributed by atoms with van der Waals surface area (Å²) in [5.74, 6) is -1.47. The highest BCUT2D eigenvalue weighted by atomic mass is 35.5. The molecule has 0 atom stereocenters. The maximum atomic E-state index is 14.2. The minimum atomic E-state index is -4.63. The van der Waals surface area contributed by atoms with Crippen molar-refractivity contribution in [2.24, 2.45) is 0 Å². The molecule has 6 heterocycles. The lowest BCUT2D eigenvalue weighted by molar-refractivity contribution is -0.137. The predicted molar refractivity (Wildman–Crippen MR) is 183 cm³/mol. The molecule has 20 heteroatoms. The second-order valence-corrected chi connectivity index (χ2v) is 12.9. The second-order valence-electron chi connectivity index (χ2n) is 12.5. The molecule has 0 saturated carbocycles. The molecule has 0 spiro atoms. The fourth-order valence-corrected chi connectivity index (χ4v) is 6.83. The minimum Gasteiger partial charge on any atom is -0.501 e. The number of nitrogens with one attached hydrogen (secondary N) is 1. The summed E-state index contributed by atoms with van der Waals surface area (Å²) in [6.07, 6.45) is -2.07. The van der Waals surface area contributed by atoms with Gasteiger partial charge in [-0.3, -0.25) is 23.7 Å². The number of ether oxygens (including phenoxy) is 2. The maximum Gasteiger partial charge on any atom is 0.416 e. The van der Waals surface area contributed by atoms with E-state index in [1.54, 1.807) is 17.9 Å². The third-order valence-corrected chi connectivity index (χ3v) is 9.60. The van der Waals surface area contributed by atoms with E-state index in [1.807, 2.05) is 0 Å². The first-order chi connectivity index (χ1) is 25.3. The molecule has 3 aliphatic rings. The van der Waals surface area contributed by atoms with Gasteiger partial charge in [-0.15, -0.1) is 5.10 Å². The van der Waals surface area contributed by atoms with E-state index in [0.29, 0.717) is 25.3 Å². The summed E-state index contributed by atoms with van der Waals surface area (Å²) in [6, 6.07) is 2.59. The number of nitrogens with zero attached hydrogens (tertiary/aromatic N) is 8. The van der Waals surface area contributed by atoms with Gasteiger partial charge in [-0.25, -0.2) is 4.98 Å². The SMILES string of the molecule is CCc1c(N2CCN(C(=O)c3nc4n(c(=O)c3O)CCOC4)CC2)c(=O)n2nc(C3=CCOCC3)nc2n1CC(=O)Nc1ccc(C(F)(F)F)cc1Cl. The van der Waals surface area contributed by atoms with Gasteiger partial charge in [-0.2, -0.15) is 22.7 Å². The number of benzene rings is 1. The molecule has 1 aromatic carbocycles. The molecule has 3 aromatic heterocycles. The summed E-state index contributed by atoms with van der Waals surface area (Å²) < 4.78 is 54.3. The van der Waals surface area contributed by atoms with Crippen molar-refractivity contribution in [2.45, 2.75) is 45.6 Å². The van der Waals surface area contributed by atoms with E-state index in [4.69, 9.17) is 21.1 Å². The van der Waals surface area contributed by atoms with Crippen LogP contribution < -0.4 is 21.3 Å². The number of carbonyl (C=O) groups excluding carboxylic acids is 2. The van der Waals surface area contributed by atoms with Crippen molar-refractivity contribution in [3.63, 3.8) is 0 Å². The van der Waals surface area contributed by atoms with Crippen LogP contribution >= 0.6 is 11.6 Å². The number of fused-ring (bicyclic) bond motifs is 2. The van der Waals surface area contributed by atoms with Gasteiger partial charge < -0.3 is 34.3 Å². The molecule has 2 amide bonds. The average Bonchev–Trinajstić information content (AvgIpc) is 3.61. The van der Waals surface area contributed by atoms with Crippen molar-refractivity contribution in [1.82, 2.24) is 33.6 Å². The van der Waals surface area contributed by atoms with E-state index in [9.17, 15) is 37.5 Å². The molecular formula is C33H33ClF3N9O7. The lowest BCUT2D eigenvalue weighted by atomic mass is 10.1. The van der Waals surface area contributed by atoms with Gasteiger partial charge in [0.2, 0.25) is 17.4 Å². The quantitative estimate of drug-likeness (QED) is 0.283. The molecule has 3 aliphatic heterocycles. The molecule has 0 aliphatic carbocycles. The summed E-state index contributed by atoms with van der Waals surface area (Å²) >= 11 is 6.11. The largest absolute Gasteiger partial charge is 0.501 e. The van der Waals surface area contributed by atoms with Gasteiger partial charge in [0.25, 0.3) is 17.0 Å². The van der Waals surface area contributed by atoms with Crippen LogP contribution in [-0.2, 0) is 46.6 Å². The van der Waals surface area contributed by atoms with Crippen molar-refractivity contribution in [2.75, 3.05) is 56.2 Å². The number of hydrogen-bond donors (Lipinski definition) is 2. The first kappa shape index (κ1) is 36.1. The third-order valence-electron chi connectivity index (χ3n) is 9.28. The lowest BCUT2D eigenvalue weighted by Gasteiger charge is -2.36. The van der Waals surface area contributed by atoms with E-state index in [-0.39, 0.29) is 91.9 Å². The lowest BCUT2D eigenvalue weighted by Crippen LogP contribution is -2.51. The molecule has 2 N–H and O–H groups in total. The molecular weight excluding hydrogens is 727 g/mol. The molecule has 53 heavy (non-hydrogen) atoms. The highest BCUT2D eigenvalue weighted by molar-refractivity contribution is 6.33. The molecule has 0 bridgehead atoms. The second kappa shape index (κ2) is 14.3. The number of carbonyl (C=O) groups is 2. The highest BCUT2D eigenvalue weighted by Gasteiger charge is 2.33. The van der Waals surface area contributed by atoms with Gasteiger partial charge in [0.05, 0.1) is 48.3 Å². The van der Waals surface area contributed by atoms with Gasteiger partial charge in [0.1, 0.15) is 24.7 Å². The molecule has 280 valence electrons. The Bertz CT molecular complexity index is 2280. The van der Waals surface area contributed by atoms with Crippen LogP contribution in [0.25, 0.3) is 11.4 Å². The standard InChI is InChI=1S/C33H33ClF3N9O7/c1-2-22-26(42-7-9-43(10-8-42)29(49)25-27(48)31(51)44-11-14-53-17-23(44)39-25)30(50)46-32(40-28(41-46)18-5-12-52-13-6-18)45(22)16-24(47)38-21-4-3-19(15-20(21)34)33(35,36)37/h3-5,15,48H,2,6-14,16-17H2,1H3,(H,38,47). The summed E-state index contributed by atoms with van der Waals surface area (Å²) in [5, 5.41) is 17.4. The number of aromatic hydroxyl groups is 1. The van der Waals surface area contributed by atoms with Crippen molar-refractivity contribution in [3.05, 3.63) is 78.6 Å². The monoisotopic (exact) mass is 759 g/mol. The maximum absolute atomic E-state index is 14.2. The van der Waals surface area contributed by atoms with Crippen LogP contribution in [0.4, 0.5) is 24.5 Å². The number of piperazine rings is 1.